The number of rotatable bonds is 8. The van der Waals surface area contributed by atoms with E-state index in [4.69, 9.17) is 0 Å². The number of para-hydroxylation sites is 1. The predicted molar refractivity (Wildman–Crippen MR) is 143 cm³/mol. The van der Waals surface area contributed by atoms with Gasteiger partial charge in [0.05, 0.1) is 0 Å². The second-order valence-electron chi connectivity index (χ2n) is 10.3. The van der Waals surface area contributed by atoms with Gasteiger partial charge in [-0.25, -0.2) is 0 Å². The summed E-state index contributed by atoms with van der Waals surface area (Å²) in [5, 5.41) is 4.61. The monoisotopic (exact) mass is 472 g/mol. The number of carbonyl (C=O) groups is 1. The Balaban J connectivity index is 1.05. The minimum atomic E-state index is 0.159. The third-order valence-corrected chi connectivity index (χ3v) is 8.18. The van der Waals surface area contributed by atoms with Crippen LogP contribution in [0.5, 0.6) is 0 Å². The minimum absolute atomic E-state index is 0.159. The molecule has 1 aromatic heterocycles. The molecular formula is C30H40N4O. The van der Waals surface area contributed by atoms with Crippen LogP contribution in [-0.4, -0.2) is 53.0 Å². The summed E-state index contributed by atoms with van der Waals surface area (Å²) in [5.41, 5.74) is 7.13. The van der Waals surface area contributed by atoms with Gasteiger partial charge in [0, 0.05) is 61.8 Å². The van der Waals surface area contributed by atoms with Gasteiger partial charge in [0.2, 0.25) is 5.91 Å². The van der Waals surface area contributed by atoms with Crippen LogP contribution in [0.15, 0.2) is 48.5 Å². The average Bonchev–Trinajstić information content (AvgIpc) is 3.17. The van der Waals surface area contributed by atoms with Crippen molar-refractivity contribution in [3.05, 3.63) is 70.9 Å². The molecule has 5 nitrogen and oxygen atoms in total. The lowest BCUT2D eigenvalue weighted by molar-refractivity contribution is -0.126. The molecule has 0 bridgehead atoms. The Labute approximate surface area is 210 Å². The molecule has 1 N–H and O–H groups in total. The van der Waals surface area contributed by atoms with Crippen molar-refractivity contribution in [1.82, 2.24) is 19.7 Å². The zero-order valence-corrected chi connectivity index (χ0v) is 21.4. The van der Waals surface area contributed by atoms with Crippen LogP contribution in [0, 0.1) is 12.8 Å². The largest absolute Gasteiger partial charge is 0.356 e. The fraction of sp³-hybridized carbons (Fsp3) is 0.500. The molecule has 2 aliphatic rings. The summed E-state index contributed by atoms with van der Waals surface area (Å²) in [6, 6.07) is 17.5. The second kappa shape index (κ2) is 11.0. The lowest BCUT2D eigenvalue weighted by Crippen LogP contribution is -2.41. The minimum Gasteiger partial charge on any atom is -0.356 e. The molecule has 5 rings (SSSR count). The molecule has 5 heteroatoms. The maximum Gasteiger partial charge on any atom is 0.223 e. The van der Waals surface area contributed by atoms with Crippen molar-refractivity contribution in [2.24, 2.45) is 5.92 Å². The smallest absolute Gasteiger partial charge is 0.223 e. The van der Waals surface area contributed by atoms with E-state index in [0.29, 0.717) is 0 Å². The van der Waals surface area contributed by atoms with Crippen LogP contribution in [0.1, 0.15) is 48.6 Å². The summed E-state index contributed by atoms with van der Waals surface area (Å²) in [7, 11) is 0. The molecule has 2 aromatic carbocycles. The van der Waals surface area contributed by atoms with Gasteiger partial charge in [-0.05, 0) is 75.4 Å². The highest BCUT2D eigenvalue weighted by molar-refractivity contribution is 5.85. The van der Waals surface area contributed by atoms with Gasteiger partial charge in [0.15, 0.2) is 0 Å². The topological polar surface area (TPSA) is 40.5 Å². The molecule has 0 unspecified atom stereocenters. The number of hydrogen-bond acceptors (Lipinski definition) is 3. The molecule has 0 spiro atoms. The molecule has 1 saturated heterocycles. The number of nitrogens with zero attached hydrogens (tertiary/aromatic N) is 3. The van der Waals surface area contributed by atoms with Crippen LogP contribution in [-0.2, 0) is 30.8 Å². The quantitative estimate of drug-likeness (QED) is 0.481. The van der Waals surface area contributed by atoms with Crippen LogP contribution < -0.4 is 5.32 Å². The van der Waals surface area contributed by atoms with Crippen molar-refractivity contribution in [1.29, 1.82) is 0 Å². The molecular weight excluding hydrogens is 432 g/mol. The third-order valence-electron chi connectivity index (χ3n) is 8.18. The first-order valence-electron chi connectivity index (χ1n) is 13.5. The molecule has 0 aliphatic carbocycles. The lowest BCUT2D eigenvalue weighted by Gasteiger charge is -2.31. The Morgan fingerprint density at radius 2 is 1.71 bits per heavy atom. The van der Waals surface area contributed by atoms with E-state index < -0.39 is 0 Å². The molecule has 0 saturated carbocycles. The van der Waals surface area contributed by atoms with E-state index in [1.807, 2.05) is 0 Å². The van der Waals surface area contributed by atoms with Gasteiger partial charge in [-0.1, -0.05) is 42.5 Å². The Morgan fingerprint density at radius 1 is 0.971 bits per heavy atom. The summed E-state index contributed by atoms with van der Waals surface area (Å²) in [4.78, 5) is 17.9. The third kappa shape index (κ3) is 5.31. The molecule has 3 aromatic rings. The van der Waals surface area contributed by atoms with Gasteiger partial charge >= 0.3 is 0 Å². The number of nitrogens with one attached hydrogen (secondary N) is 1. The van der Waals surface area contributed by atoms with Gasteiger partial charge in [0.1, 0.15) is 0 Å². The highest BCUT2D eigenvalue weighted by Gasteiger charge is 2.26. The Hall–Kier alpha value is -2.63. The predicted octanol–water partition coefficient (Wildman–Crippen LogP) is 4.75. The Bertz CT molecular complexity index is 1160. The SMILES string of the molecule is CCn1c(C)c(CN2CCC(C(=O)NCCCN3CCc4ccccc4C3)CC2)c2ccccc21. The normalized spacial score (nSPS) is 17.5. The van der Waals surface area contributed by atoms with Gasteiger partial charge in [-0.15, -0.1) is 0 Å². The Morgan fingerprint density at radius 3 is 2.51 bits per heavy atom. The molecule has 186 valence electrons. The maximum atomic E-state index is 12.8. The summed E-state index contributed by atoms with van der Waals surface area (Å²) >= 11 is 0. The molecule has 1 fully saturated rings. The number of aryl methyl sites for hydroxylation is 1. The van der Waals surface area contributed by atoms with Crippen LogP contribution >= 0.6 is 0 Å². The average molecular weight is 473 g/mol. The fourth-order valence-corrected chi connectivity index (χ4v) is 6.09. The van der Waals surface area contributed by atoms with E-state index >= 15 is 0 Å². The van der Waals surface area contributed by atoms with Crippen molar-refractivity contribution in [3.8, 4) is 0 Å². The van der Waals surface area contributed by atoms with E-state index in [9.17, 15) is 4.79 Å². The van der Waals surface area contributed by atoms with Crippen molar-refractivity contribution >= 4 is 16.8 Å². The summed E-state index contributed by atoms with van der Waals surface area (Å²) in [6.07, 6.45) is 4.08. The van der Waals surface area contributed by atoms with Gasteiger partial charge in [-0.3, -0.25) is 14.6 Å². The standard InChI is InChI=1S/C30H40N4O/c1-3-34-23(2)28(27-11-6-7-12-29(27)34)22-33-19-14-25(15-20-33)30(35)31-16-8-17-32-18-13-24-9-4-5-10-26(24)21-32/h4-7,9-12,25H,3,8,13-22H2,1-2H3,(H,31,35). The summed E-state index contributed by atoms with van der Waals surface area (Å²) in [5.74, 6) is 0.415. The molecule has 3 heterocycles. The highest BCUT2D eigenvalue weighted by Crippen LogP contribution is 2.28. The number of piperidine rings is 1. The molecule has 1 amide bonds. The van der Waals surface area contributed by atoms with E-state index in [0.717, 1.165) is 78.0 Å². The fourth-order valence-electron chi connectivity index (χ4n) is 6.09. The second-order valence-corrected chi connectivity index (χ2v) is 10.3. The first kappa shape index (κ1) is 24.1. The summed E-state index contributed by atoms with van der Waals surface area (Å²) in [6.45, 7) is 12.4. The van der Waals surface area contributed by atoms with E-state index in [1.165, 1.54) is 33.3 Å². The van der Waals surface area contributed by atoms with E-state index in [1.54, 1.807) is 0 Å². The number of fused-ring (bicyclic) bond motifs is 2. The van der Waals surface area contributed by atoms with Crippen LogP contribution in [0.4, 0.5) is 0 Å². The van der Waals surface area contributed by atoms with E-state index in [2.05, 4.69) is 82.1 Å². The first-order chi connectivity index (χ1) is 17.1. The van der Waals surface area contributed by atoms with Crippen LogP contribution in [0.25, 0.3) is 10.9 Å². The number of likely N-dealkylation sites (tertiary alicyclic amines) is 1. The van der Waals surface area contributed by atoms with Crippen molar-refractivity contribution in [2.45, 2.75) is 59.2 Å². The first-order valence-corrected chi connectivity index (χ1v) is 13.5. The van der Waals surface area contributed by atoms with Gasteiger partial charge in [-0.2, -0.15) is 0 Å². The van der Waals surface area contributed by atoms with Crippen LogP contribution in [0.3, 0.4) is 0 Å². The lowest BCUT2D eigenvalue weighted by atomic mass is 9.95. The highest BCUT2D eigenvalue weighted by atomic mass is 16.1. The summed E-state index contributed by atoms with van der Waals surface area (Å²) < 4.78 is 2.42. The molecule has 0 radical (unpaired) electrons. The van der Waals surface area contributed by atoms with Gasteiger partial charge < -0.3 is 9.88 Å². The number of aromatic nitrogens is 1. The van der Waals surface area contributed by atoms with Gasteiger partial charge in [0.25, 0.3) is 0 Å². The molecule has 0 atom stereocenters. The van der Waals surface area contributed by atoms with E-state index in [-0.39, 0.29) is 11.8 Å². The van der Waals surface area contributed by atoms with Crippen LogP contribution in [0.2, 0.25) is 0 Å². The number of amides is 1. The number of carbonyl (C=O) groups excluding carboxylic acids is 1. The van der Waals surface area contributed by atoms with Crippen molar-refractivity contribution < 1.29 is 4.79 Å². The zero-order chi connectivity index (χ0) is 24.2. The molecule has 35 heavy (non-hydrogen) atoms. The zero-order valence-electron chi connectivity index (χ0n) is 21.4. The number of benzene rings is 2. The van der Waals surface area contributed by atoms with Crippen molar-refractivity contribution in [2.75, 3.05) is 32.7 Å². The Kier molecular flexibility index (Phi) is 7.54. The maximum absolute atomic E-state index is 12.8. The van der Waals surface area contributed by atoms with Crippen molar-refractivity contribution in [3.63, 3.8) is 0 Å². The molecule has 2 aliphatic heterocycles. The number of hydrogen-bond donors (Lipinski definition) is 1.